The zero-order valence-corrected chi connectivity index (χ0v) is 10.4. The zero-order valence-electron chi connectivity index (χ0n) is 10.4. The predicted octanol–water partition coefficient (Wildman–Crippen LogP) is 1.56. The van der Waals surface area contributed by atoms with Crippen molar-refractivity contribution >= 4 is 0 Å². The number of rotatable bonds is 5. The van der Waals surface area contributed by atoms with E-state index < -0.39 is 0 Å². The minimum Gasteiger partial charge on any atom is -0.392 e. The third-order valence-electron chi connectivity index (χ3n) is 3.54. The number of aromatic nitrogens is 2. The molecule has 0 amide bonds. The number of hydrogen-bond acceptors (Lipinski definition) is 3. The Morgan fingerprint density at radius 2 is 2.18 bits per heavy atom. The highest BCUT2D eigenvalue weighted by Gasteiger charge is 2.20. The number of aryl methyl sites for hydroxylation is 1. The molecule has 4 nitrogen and oxygen atoms in total. The fourth-order valence-corrected chi connectivity index (χ4v) is 2.49. The monoisotopic (exact) mass is 237 g/mol. The van der Waals surface area contributed by atoms with Gasteiger partial charge in [0.25, 0.3) is 0 Å². The lowest BCUT2D eigenvalue weighted by Crippen LogP contribution is -2.39. The van der Waals surface area contributed by atoms with E-state index >= 15 is 0 Å². The summed E-state index contributed by atoms with van der Waals surface area (Å²) in [6.07, 6.45) is 12.3. The fraction of sp³-hybridized carbons (Fsp3) is 0.769. The van der Waals surface area contributed by atoms with Gasteiger partial charge in [0.05, 0.1) is 12.4 Å². The van der Waals surface area contributed by atoms with Gasteiger partial charge in [0, 0.05) is 25.0 Å². The molecular weight excluding hydrogens is 214 g/mol. The van der Waals surface area contributed by atoms with E-state index in [0.717, 1.165) is 32.4 Å². The summed E-state index contributed by atoms with van der Waals surface area (Å²) >= 11 is 0. The normalized spacial score (nSPS) is 25.7. The van der Waals surface area contributed by atoms with Crippen LogP contribution >= 0.6 is 0 Å². The van der Waals surface area contributed by atoms with Crippen molar-refractivity contribution in [2.45, 2.75) is 57.2 Å². The summed E-state index contributed by atoms with van der Waals surface area (Å²) in [6, 6.07) is 0.306. The Labute approximate surface area is 103 Å². The van der Waals surface area contributed by atoms with Gasteiger partial charge in [0.15, 0.2) is 0 Å². The van der Waals surface area contributed by atoms with E-state index in [4.69, 9.17) is 0 Å². The van der Waals surface area contributed by atoms with Gasteiger partial charge in [-0.15, -0.1) is 0 Å². The molecule has 2 N–H and O–H groups in total. The minimum atomic E-state index is -0.147. The van der Waals surface area contributed by atoms with Crippen LogP contribution < -0.4 is 5.32 Å². The highest BCUT2D eigenvalue weighted by atomic mass is 16.3. The summed E-state index contributed by atoms with van der Waals surface area (Å²) in [5, 5.41) is 13.4. The molecule has 1 aliphatic rings. The quantitative estimate of drug-likeness (QED) is 0.603. The molecule has 0 spiro atoms. The summed E-state index contributed by atoms with van der Waals surface area (Å²) in [6.45, 7) is 1.97. The maximum Gasteiger partial charge on any atom is 0.0945 e. The van der Waals surface area contributed by atoms with Gasteiger partial charge >= 0.3 is 0 Å². The van der Waals surface area contributed by atoms with Crippen molar-refractivity contribution < 1.29 is 5.11 Å². The third-order valence-corrected chi connectivity index (χ3v) is 3.54. The largest absolute Gasteiger partial charge is 0.392 e. The molecule has 2 unspecified atom stereocenters. The molecule has 96 valence electrons. The Hall–Kier alpha value is -0.870. The fourth-order valence-electron chi connectivity index (χ4n) is 2.49. The van der Waals surface area contributed by atoms with Crippen molar-refractivity contribution in [1.29, 1.82) is 0 Å². The van der Waals surface area contributed by atoms with Gasteiger partial charge in [-0.05, 0) is 25.8 Å². The van der Waals surface area contributed by atoms with Crippen LogP contribution in [0.4, 0.5) is 0 Å². The summed E-state index contributed by atoms with van der Waals surface area (Å²) in [5.41, 5.74) is 0. The minimum absolute atomic E-state index is 0.147. The second kappa shape index (κ2) is 6.77. The summed E-state index contributed by atoms with van der Waals surface area (Å²) in [7, 11) is 0. The number of nitrogens with one attached hydrogen (secondary N) is 1. The summed E-state index contributed by atoms with van der Waals surface area (Å²) in [5.74, 6) is 0. The van der Waals surface area contributed by atoms with E-state index in [-0.39, 0.29) is 6.10 Å². The molecule has 0 aromatic carbocycles. The molecule has 0 saturated heterocycles. The topological polar surface area (TPSA) is 50.1 Å². The zero-order chi connectivity index (χ0) is 11.9. The van der Waals surface area contributed by atoms with Crippen LogP contribution in [0.1, 0.15) is 38.5 Å². The van der Waals surface area contributed by atoms with Crippen molar-refractivity contribution in [1.82, 2.24) is 14.9 Å². The van der Waals surface area contributed by atoms with Crippen LogP contribution in [0.25, 0.3) is 0 Å². The standard InChI is InChI=1S/C13H23N3O/c17-13-6-3-1-2-5-12(13)15-7-4-9-16-10-8-14-11-16/h8,10-13,15,17H,1-7,9H2. The smallest absolute Gasteiger partial charge is 0.0945 e. The molecule has 0 radical (unpaired) electrons. The summed E-state index contributed by atoms with van der Waals surface area (Å²) < 4.78 is 2.09. The first-order valence-corrected chi connectivity index (χ1v) is 6.73. The molecule has 1 aromatic heterocycles. The van der Waals surface area contributed by atoms with Gasteiger partial charge in [-0.25, -0.2) is 4.98 Å². The van der Waals surface area contributed by atoms with E-state index in [0.29, 0.717) is 6.04 Å². The molecule has 0 bridgehead atoms. The lowest BCUT2D eigenvalue weighted by molar-refractivity contribution is 0.120. The van der Waals surface area contributed by atoms with Gasteiger partial charge in [-0.1, -0.05) is 19.3 Å². The Morgan fingerprint density at radius 3 is 3.00 bits per heavy atom. The van der Waals surface area contributed by atoms with E-state index in [2.05, 4.69) is 14.9 Å². The van der Waals surface area contributed by atoms with E-state index in [1.54, 1.807) is 0 Å². The van der Waals surface area contributed by atoms with Crippen molar-refractivity contribution in [3.63, 3.8) is 0 Å². The number of hydrogen-bond donors (Lipinski definition) is 2. The molecule has 17 heavy (non-hydrogen) atoms. The first-order valence-electron chi connectivity index (χ1n) is 6.73. The lowest BCUT2D eigenvalue weighted by atomic mass is 10.1. The number of imidazole rings is 1. The Morgan fingerprint density at radius 1 is 1.29 bits per heavy atom. The molecule has 0 aliphatic heterocycles. The summed E-state index contributed by atoms with van der Waals surface area (Å²) in [4.78, 5) is 4.02. The van der Waals surface area contributed by atoms with Crippen molar-refractivity contribution in [2.24, 2.45) is 0 Å². The molecule has 2 rings (SSSR count). The number of aliphatic hydroxyl groups excluding tert-OH is 1. The molecule has 1 saturated carbocycles. The molecule has 2 atom stereocenters. The Kier molecular flexibility index (Phi) is 5.01. The highest BCUT2D eigenvalue weighted by molar-refractivity contribution is 4.79. The van der Waals surface area contributed by atoms with E-state index in [1.807, 2.05) is 18.7 Å². The van der Waals surface area contributed by atoms with Crippen molar-refractivity contribution in [3.05, 3.63) is 18.7 Å². The van der Waals surface area contributed by atoms with Crippen LogP contribution in [0, 0.1) is 0 Å². The molecule has 1 aromatic rings. The van der Waals surface area contributed by atoms with Crippen LogP contribution in [0.15, 0.2) is 18.7 Å². The van der Waals surface area contributed by atoms with Crippen molar-refractivity contribution in [2.75, 3.05) is 6.54 Å². The van der Waals surface area contributed by atoms with Crippen LogP contribution in [-0.2, 0) is 6.54 Å². The molecular formula is C13H23N3O. The maximum atomic E-state index is 9.95. The van der Waals surface area contributed by atoms with Crippen LogP contribution in [-0.4, -0.2) is 33.3 Å². The first kappa shape index (κ1) is 12.6. The molecule has 4 heteroatoms. The average molecular weight is 237 g/mol. The van der Waals surface area contributed by atoms with E-state index in [1.165, 1.54) is 19.3 Å². The Bertz CT molecular complexity index is 300. The molecule has 1 fully saturated rings. The first-order chi connectivity index (χ1) is 8.36. The van der Waals surface area contributed by atoms with Gasteiger partial charge in [-0.2, -0.15) is 0 Å². The SMILES string of the molecule is OC1CCCCCC1NCCCn1ccnc1. The maximum absolute atomic E-state index is 9.95. The second-order valence-electron chi connectivity index (χ2n) is 4.92. The van der Waals surface area contributed by atoms with Crippen LogP contribution in [0.2, 0.25) is 0 Å². The van der Waals surface area contributed by atoms with E-state index in [9.17, 15) is 5.11 Å². The number of nitrogens with zero attached hydrogens (tertiary/aromatic N) is 2. The van der Waals surface area contributed by atoms with Crippen LogP contribution in [0.3, 0.4) is 0 Å². The number of aliphatic hydroxyl groups is 1. The predicted molar refractivity (Wildman–Crippen MR) is 67.7 cm³/mol. The third kappa shape index (κ3) is 4.13. The van der Waals surface area contributed by atoms with Gasteiger partial charge < -0.3 is 15.0 Å². The van der Waals surface area contributed by atoms with Gasteiger partial charge in [-0.3, -0.25) is 0 Å². The Balaban J connectivity index is 1.63. The highest BCUT2D eigenvalue weighted by Crippen LogP contribution is 2.17. The van der Waals surface area contributed by atoms with Crippen LogP contribution in [0.5, 0.6) is 0 Å². The molecule has 1 aliphatic carbocycles. The second-order valence-corrected chi connectivity index (χ2v) is 4.92. The van der Waals surface area contributed by atoms with Gasteiger partial charge in [0.1, 0.15) is 0 Å². The van der Waals surface area contributed by atoms with Crippen molar-refractivity contribution in [3.8, 4) is 0 Å². The molecule has 1 heterocycles. The average Bonchev–Trinajstić information content (AvgIpc) is 2.76. The lowest BCUT2D eigenvalue weighted by Gasteiger charge is -2.21. The van der Waals surface area contributed by atoms with Gasteiger partial charge in [0.2, 0.25) is 0 Å².